The van der Waals surface area contributed by atoms with E-state index in [4.69, 9.17) is 9.94 Å². The van der Waals surface area contributed by atoms with Gasteiger partial charge >= 0.3 is 6.09 Å². The van der Waals surface area contributed by atoms with Gasteiger partial charge in [0, 0.05) is 24.7 Å². The van der Waals surface area contributed by atoms with Gasteiger partial charge in [0.1, 0.15) is 6.10 Å². The molecule has 4 rings (SSSR count). The van der Waals surface area contributed by atoms with Crippen molar-refractivity contribution in [2.24, 2.45) is 22.9 Å². The topological polar surface area (TPSA) is 91.2 Å². The minimum atomic E-state index is -0.394. The molecule has 7 nitrogen and oxygen atoms in total. The zero-order valence-corrected chi connectivity index (χ0v) is 14.5. The number of rotatable bonds is 5. The number of carbonyl (C=O) groups is 2. The van der Waals surface area contributed by atoms with E-state index in [1.807, 2.05) is 24.3 Å². The molecule has 1 saturated heterocycles. The normalized spacial score (nSPS) is 29.5. The summed E-state index contributed by atoms with van der Waals surface area (Å²) >= 11 is 0. The van der Waals surface area contributed by atoms with Gasteiger partial charge in [-0.05, 0) is 41.5 Å². The van der Waals surface area contributed by atoms with Crippen LogP contribution in [0.2, 0.25) is 0 Å². The van der Waals surface area contributed by atoms with E-state index in [1.54, 1.807) is 11.1 Å². The molecule has 1 aromatic carbocycles. The maximum absolute atomic E-state index is 12.1. The SMILES string of the molecule is CC(=O)NC[C@H]1CN(c2ccc(C3=CCC4C(C=NO)C34)cc2)C(=O)O1. The predicted molar refractivity (Wildman–Crippen MR) is 96.1 cm³/mol. The number of ether oxygens (including phenoxy) is 1. The smallest absolute Gasteiger partial charge is 0.414 e. The van der Waals surface area contributed by atoms with Crippen molar-refractivity contribution in [3.8, 4) is 0 Å². The fourth-order valence-corrected chi connectivity index (χ4v) is 4.06. The Morgan fingerprint density at radius 1 is 1.42 bits per heavy atom. The maximum Gasteiger partial charge on any atom is 0.414 e. The van der Waals surface area contributed by atoms with Crippen LogP contribution in [0.5, 0.6) is 0 Å². The molecule has 0 bridgehead atoms. The van der Waals surface area contributed by atoms with E-state index in [1.165, 1.54) is 12.5 Å². The molecule has 0 spiro atoms. The lowest BCUT2D eigenvalue weighted by Crippen LogP contribution is -2.33. The number of nitrogens with zero attached hydrogens (tertiary/aromatic N) is 2. The Hall–Kier alpha value is -2.83. The van der Waals surface area contributed by atoms with E-state index < -0.39 is 6.09 Å². The van der Waals surface area contributed by atoms with Crippen LogP contribution in [0.1, 0.15) is 18.9 Å². The zero-order chi connectivity index (χ0) is 18.3. The molecule has 1 saturated carbocycles. The summed E-state index contributed by atoms with van der Waals surface area (Å²) < 4.78 is 5.30. The predicted octanol–water partition coefficient (Wildman–Crippen LogP) is 2.26. The van der Waals surface area contributed by atoms with Crippen LogP contribution in [0.25, 0.3) is 5.57 Å². The van der Waals surface area contributed by atoms with Gasteiger partial charge in [0.05, 0.1) is 13.1 Å². The second kappa shape index (κ2) is 6.48. The molecule has 2 N–H and O–H groups in total. The van der Waals surface area contributed by atoms with Gasteiger partial charge in [0.2, 0.25) is 5.91 Å². The van der Waals surface area contributed by atoms with Crippen LogP contribution in [0.15, 0.2) is 35.5 Å². The monoisotopic (exact) mass is 355 g/mol. The first-order valence-corrected chi connectivity index (χ1v) is 8.79. The minimum absolute atomic E-state index is 0.142. The maximum atomic E-state index is 12.1. The summed E-state index contributed by atoms with van der Waals surface area (Å²) in [7, 11) is 0. The molecule has 4 atom stereocenters. The first kappa shape index (κ1) is 16.6. The molecule has 3 unspecified atom stereocenters. The van der Waals surface area contributed by atoms with Gasteiger partial charge < -0.3 is 15.3 Å². The van der Waals surface area contributed by atoms with E-state index in [0.717, 1.165) is 17.7 Å². The van der Waals surface area contributed by atoms with Gasteiger partial charge in [-0.2, -0.15) is 0 Å². The number of hydrogen-bond donors (Lipinski definition) is 2. The molecule has 1 aromatic rings. The lowest BCUT2D eigenvalue weighted by atomic mass is 10.0. The summed E-state index contributed by atoms with van der Waals surface area (Å²) in [5.74, 6) is 1.19. The number of carbonyl (C=O) groups excluding carboxylic acids is 2. The van der Waals surface area contributed by atoms with E-state index in [-0.39, 0.29) is 12.0 Å². The fourth-order valence-electron chi connectivity index (χ4n) is 4.06. The van der Waals surface area contributed by atoms with Crippen LogP contribution >= 0.6 is 0 Å². The number of oxime groups is 1. The average Bonchev–Trinajstić information content (AvgIpc) is 2.96. The molecule has 136 valence electrons. The summed E-state index contributed by atoms with van der Waals surface area (Å²) in [6, 6.07) is 7.87. The number of cyclic esters (lactones) is 1. The summed E-state index contributed by atoms with van der Waals surface area (Å²) in [5.41, 5.74) is 3.21. The van der Waals surface area contributed by atoms with Crippen LogP contribution in [-0.4, -0.2) is 42.6 Å². The third-order valence-corrected chi connectivity index (χ3v) is 5.40. The molecule has 2 fully saturated rings. The highest BCUT2D eigenvalue weighted by molar-refractivity contribution is 5.90. The van der Waals surface area contributed by atoms with Gasteiger partial charge in [-0.3, -0.25) is 9.69 Å². The van der Waals surface area contributed by atoms with Crippen LogP contribution in [0.3, 0.4) is 0 Å². The molecule has 0 aromatic heterocycles. The van der Waals surface area contributed by atoms with Crippen molar-refractivity contribution in [3.05, 3.63) is 35.9 Å². The molecular weight excluding hydrogens is 334 g/mol. The lowest BCUT2D eigenvalue weighted by Gasteiger charge is -2.14. The van der Waals surface area contributed by atoms with Crippen molar-refractivity contribution in [2.75, 3.05) is 18.0 Å². The Morgan fingerprint density at radius 2 is 2.19 bits per heavy atom. The van der Waals surface area contributed by atoms with Crippen molar-refractivity contribution in [1.82, 2.24) is 5.32 Å². The van der Waals surface area contributed by atoms with Gasteiger partial charge in [-0.25, -0.2) is 4.79 Å². The molecular formula is C19H21N3O4. The zero-order valence-electron chi connectivity index (χ0n) is 14.5. The van der Waals surface area contributed by atoms with Crippen LogP contribution in [-0.2, 0) is 9.53 Å². The first-order valence-electron chi connectivity index (χ1n) is 8.79. The molecule has 2 amide bonds. The molecule has 3 aliphatic rings. The van der Waals surface area contributed by atoms with Gasteiger partial charge in [0.25, 0.3) is 0 Å². The Morgan fingerprint density at radius 3 is 2.88 bits per heavy atom. The van der Waals surface area contributed by atoms with E-state index in [0.29, 0.717) is 30.8 Å². The largest absolute Gasteiger partial charge is 0.442 e. The average molecular weight is 355 g/mol. The van der Waals surface area contributed by atoms with Crippen molar-refractivity contribution < 1.29 is 19.5 Å². The molecule has 0 radical (unpaired) electrons. The van der Waals surface area contributed by atoms with Crippen LogP contribution in [0.4, 0.5) is 10.5 Å². The number of nitrogens with one attached hydrogen (secondary N) is 1. The highest BCUT2D eigenvalue weighted by Gasteiger charge is 2.53. The number of anilines is 1. The second-order valence-corrected chi connectivity index (χ2v) is 7.03. The highest BCUT2D eigenvalue weighted by atomic mass is 16.6. The summed E-state index contributed by atoms with van der Waals surface area (Å²) in [6.45, 7) is 2.17. The summed E-state index contributed by atoms with van der Waals surface area (Å²) in [6.07, 6.45) is 4.16. The number of fused-ring (bicyclic) bond motifs is 1. The lowest BCUT2D eigenvalue weighted by molar-refractivity contribution is -0.119. The van der Waals surface area contributed by atoms with Crippen molar-refractivity contribution in [3.63, 3.8) is 0 Å². The van der Waals surface area contributed by atoms with E-state index >= 15 is 0 Å². The summed E-state index contributed by atoms with van der Waals surface area (Å²) in [4.78, 5) is 24.7. The van der Waals surface area contributed by atoms with Crippen molar-refractivity contribution in [2.45, 2.75) is 19.4 Å². The molecule has 1 heterocycles. The Bertz CT molecular complexity index is 786. The standard InChI is InChI=1S/C19H21N3O4/c1-11(23)20-8-14-10-22(19(24)26-14)13-4-2-12(3-5-13)15-6-7-16-17(9-21-25)18(15)16/h2-6,9,14,16-18,25H,7-8,10H2,1H3,(H,20,23)/t14-,16?,17?,18?/m0/s1. The van der Waals surface area contributed by atoms with E-state index in [9.17, 15) is 9.59 Å². The minimum Gasteiger partial charge on any atom is -0.442 e. The number of amides is 2. The van der Waals surface area contributed by atoms with Crippen LogP contribution in [0, 0.1) is 17.8 Å². The van der Waals surface area contributed by atoms with Gasteiger partial charge in [-0.1, -0.05) is 18.2 Å². The highest BCUT2D eigenvalue weighted by Crippen LogP contribution is 2.59. The Labute approximate surface area is 151 Å². The third-order valence-electron chi connectivity index (χ3n) is 5.40. The third kappa shape index (κ3) is 2.94. The molecule has 26 heavy (non-hydrogen) atoms. The number of benzene rings is 1. The van der Waals surface area contributed by atoms with Gasteiger partial charge in [0.15, 0.2) is 0 Å². The molecule has 1 aliphatic heterocycles. The summed E-state index contributed by atoms with van der Waals surface area (Å²) in [5, 5.41) is 14.6. The molecule has 2 aliphatic carbocycles. The number of hydrogen-bond acceptors (Lipinski definition) is 5. The van der Waals surface area contributed by atoms with Gasteiger partial charge in [-0.15, -0.1) is 5.16 Å². The quantitative estimate of drug-likeness (QED) is 0.481. The first-order chi connectivity index (χ1) is 12.6. The Kier molecular flexibility index (Phi) is 4.14. The molecule has 7 heteroatoms. The van der Waals surface area contributed by atoms with Crippen molar-refractivity contribution >= 4 is 29.5 Å². The number of allylic oxidation sites excluding steroid dienone is 2. The van der Waals surface area contributed by atoms with E-state index in [2.05, 4.69) is 16.5 Å². The fraction of sp³-hybridized carbons (Fsp3) is 0.421. The Balaban J connectivity index is 1.42. The second-order valence-electron chi connectivity index (χ2n) is 7.03. The van der Waals surface area contributed by atoms with Crippen LogP contribution < -0.4 is 10.2 Å². The van der Waals surface area contributed by atoms with Crippen molar-refractivity contribution in [1.29, 1.82) is 0 Å².